The van der Waals surface area contributed by atoms with Gasteiger partial charge in [0.25, 0.3) is 0 Å². The molecular weight excluding hydrogens is 640 g/mol. The topological polar surface area (TPSA) is 12.5 Å². The third kappa shape index (κ3) is 3.82. The van der Waals surface area contributed by atoms with Crippen LogP contribution in [0.15, 0.2) is 124 Å². The Morgan fingerprint density at radius 1 is 0.750 bits per heavy atom. The van der Waals surface area contributed by atoms with Crippen LogP contribution in [0.5, 0.6) is 11.5 Å². The van der Waals surface area contributed by atoms with E-state index in [0.29, 0.717) is 0 Å². The Morgan fingerprint density at radius 2 is 1.66 bits per heavy atom. The van der Waals surface area contributed by atoms with E-state index in [0.717, 1.165) is 17.9 Å². The van der Waals surface area contributed by atoms with E-state index < -0.39 is 0 Å². The van der Waals surface area contributed by atoms with Gasteiger partial charge < -0.3 is 0 Å². The minimum absolute atomic E-state index is 0.170. The minimum atomic E-state index is 0.170. The first-order valence-corrected chi connectivity index (χ1v) is 18.7. The predicted molar refractivity (Wildman–Crippen MR) is 190 cm³/mol. The zero-order valence-corrected chi connectivity index (χ0v) is 27.2. The molecule has 4 aliphatic rings. The third-order valence-corrected chi connectivity index (χ3v) is 14.1. The first-order valence-electron chi connectivity index (χ1n) is 15.3. The van der Waals surface area contributed by atoms with Crippen molar-refractivity contribution in [3.05, 3.63) is 119 Å². The van der Waals surface area contributed by atoms with Crippen molar-refractivity contribution < 1.29 is 4.74 Å². The van der Waals surface area contributed by atoms with Crippen LogP contribution in [0.3, 0.4) is 0 Å². The van der Waals surface area contributed by atoms with Crippen molar-refractivity contribution in [2.45, 2.75) is 30.6 Å². The molecule has 0 saturated heterocycles. The number of rotatable bonds is 2. The van der Waals surface area contributed by atoms with Crippen molar-refractivity contribution in [1.29, 1.82) is 0 Å². The summed E-state index contributed by atoms with van der Waals surface area (Å²) in [5.74, 6) is 2.00. The second-order valence-electron chi connectivity index (χ2n) is 11.9. The van der Waals surface area contributed by atoms with Crippen molar-refractivity contribution in [3.63, 3.8) is 0 Å². The molecule has 5 aromatic carbocycles. The third-order valence-electron chi connectivity index (χ3n) is 9.43. The van der Waals surface area contributed by atoms with Gasteiger partial charge in [0.1, 0.15) is 0 Å². The van der Waals surface area contributed by atoms with E-state index in [-0.39, 0.29) is 21.7 Å². The number of hydrogen-bond acceptors (Lipinski definition) is 4. The quantitative estimate of drug-likeness (QED) is 0.182. The van der Waals surface area contributed by atoms with Gasteiger partial charge in [-0.1, -0.05) is 0 Å². The maximum absolute atomic E-state index is 6.82. The summed E-state index contributed by atoms with van der Waals surface area (Å²) in [5, 5.41) is 3.67. The van der Waals surface area contributed by atoms with Gasteiger partial charge >= 0.3 is 273 Å². The van der Waals surface area contributed by atoms with Gasteiger partial charge in [-0.15, -0.1) is 0 Å². The molecule has 3 aliphatic heterocycles. The summed E-state index contributed by atoms with van der Waals surface area (Å²) in [6.07, 6.45) is 4.82. The summed E-state index contributed by atoms with van der Waals surface area (Å²) in [5.41, 5.74) is 10.7. The van der Waals surface area contributed by atoms with Crippen LogP contribution in [0.2, 0.25) is 0 Å². The SMILES string of the molecule is c1ccc2c(c1)SC1=C(CCCC1)N2c1ccc2c(c1)Oc1cccc3c1B2c1cc(-c2csc4ccccc24)ccc1[Se]3. The van der Waals surface area contributed by atoms with Crippen LogP contribution in [0.1, 0.15) is 25.7 Å². The molecule has 4 heterocycles. The molecule has 0 N–H and O–H groups in total. The Labute approximate surface area is 272 Å². The number of fused-ring (bicyclic) bond motifs is 6. The summed E-state index contributed by atoms with van der Waals surface area (Å²) in [7, 11) is 0. The average molecular weight is 667 g/mol. The van der Waals surface area contributed by atoms with Gasteiger partial charge in [-0.05, 0) is 0 Å². The van der Waals surface area contributed by atoms with E-state index in [1.807, 2.05) is 23.1 Å². The van der Waals surface area contributed by atoms with Crippen molar-refractivity contribution in [1.82, 2.24) is 0 Å². The average Bonchev–Trinajstić information content (AvgIpc) is 3.51. The molecule has 6 heteroatoms. The number of hydrogen-bond donors (Lipinski definition) is 0. The van der Waals surface area contributed by atoms with E-state index >= 15 is 0 Å². The van der Waals surface area contributed by atoms with Gasteiger partial charge in [0.05, 0.1) is 0 Å². The molecule has 1 aliphatic carbocycles. The van der Waals surface area contributed by atoms with Gasteiger partial charge in [-0.3, -0.25) is 0 Å². The summed E-state index contributed by atoms with van der Waals surface area (Å²) >= 11 is 4.05. The summed E-state index contributed by atoms with van der Waals surface area (Å²) in [4.78, 5) is 5.40. The Morgan fingerprint density at radius 3 is 2.66 bits per heavy atom. The summed E-state index contributed by atoms with van der Waals surface area (Å²) < 4.78 is 11.1. The normalized spacial score (nSPS) is 16.1. The molecule has 2 nitrogen and oxygen atoms in total. The van der Waals surface area contributed by atoms with E-state index in [2.05, 4.69) is 113 Å². The molecule has 1 aromatic heterocycles. The zero-order valence-electron chi connectivity index (χ0n) is 23.9. The standard InChI is InChI=1S/C38H26BNOS2Se/c1-4-12-33-25(8-1)26(22-42-33)23-16-19-36-28(20-23)39-27-18-17-24(21-32(27)41-31-11-7-15-37(44-36)38(31)39)40-29-9-2-5-13-34(29)43-35-14-6-3-10-30(35)40/h1-2,4-5,7-9,11-13,15-22H,3,6,10,14H2. The van der Waals surface area contributed by atoms with Gasteiger partial charge in [-0.2, -0.15) is 0 Å². The van der Waals surface area contributed by atoms with Crippen molar-refractivity contribution in [3.8, 4) is 22.6 Å². The molecule has 44 heavy (non-hydrogen) atoms. The molecule has 10 rings (SSSR count). The molecule has 0 unspecified atom stereocenters. The van der Waals surface area contributed by atoms with Crippen molar-refractivity contribution >= 4 is 91.5 Å². The molecule has 0 radical (unpaired) electrons. The Kier molecular flexibility index (Phi) is 5.78. The van der Waals surface area contributed by atoms with Crippen LogP contribution in [0, 0.1) is 0 Å². The second kappa shape index (κ2) is 9.92. The van der Waals surface area contributed by atoms with Gasteiger partial charge in [-0.25, -0.2) is 0 Å². The molecule has 0 fully saturated rings. The van der Waals surface area contributed by atoms with Crippen LogP contribution in [0.25, 0.3) is 21.2 Å². The fourth-order valence-corrected chi connectivity index (χ4v) is 12.0. The van der Waals surface area contributed by atoms with Crippen molar-refractivity contribution in [2.24, 2.45) is 0 Å². The van der Waals surface area contributed by atoms with Crippen LogP contribution >= 0.6 is 23.1 Å². The van der Waals surface area contributed by atoms with Gasteiger partial charge in [0, 0.05) is 0 Å². The van der Waals surface area contributed by atoms with Gasteiger partial charge in [0.2, 0.25) is 0 Å². The summed E-state index contributed by atoms with van der Waals surface area (Å²) in [6.45, 7) is 0.170. The van der Waals surface area contributed by atoms with Crippen LogP contribution in [-0.4, -0.2) is 21.7 Å². The molecule has 0 saturated carbocycles. The monoisotopic (exact) mass is 667 g/mol. The Bertz CT molecular complexity index is 2200. The van der Waals surface area contributed by atoms with E-state index in [1.54, 1.807) is 0 Å². The number of ether oxygens (including phenoxy) is 1. The molecule has 6 aromatic rings. The molecular formula is C38H26BNOS2Se. The molecule has 0 amide bonds. The second-order valence-corrected chi connectivity index (χ2v) is 16.2. The number of para-hydroxylation sites is 1. The van der Waals surface area contributed by atoms with Crippen LogP contribution < -0.4 is 34.9 Å². The maximum atomic E-state index is 6.82. The number of benzene rings is 5. The number of nitrogens with zero attached hydrogens (tertiary/aromatic N) is 1. The number of anilines is 2. The van der Waals surface area contributed by atoms with Crippen molar-refractivity contribution in [2.75, 3.05) is 4.90 Å². The Balaban J connectivity index is 1.14. The molecule has 0 bridgehead atoms. The fraction of sp³-hybridized carbons (Fsp3) is 0.105. The molecule has 0 atom stereocenters. The zero-order chi connectivity index (χ0) is 28.8. The molecule has 0 spiro atoms. The van der Waals surface area contributed by atoms with Crippen LogP contribution in [-0.2, 0) is 0 Å². The fourth-order valence-electron chi connectivity index (χ4n) is 7.44. The number of thioether (sulfide) groups is 1. The summed E-state index contributed by atoms with van der Waals surface area (Å²) in [6, 6.07) is 38.6. The number of allylic oxidation sites excluding steroid dienone is 2. The molecule has 210 valence electrons. The van der Waals surface area contributed by atoms with Gasteiger partial charge in [0.15, 0.2) is 0 Å². The van der Waals surface area contributed by atoms with E-state index in [4.69, 9.17) is 4.74 Å². The van der Waals surface area contributed by atoms with E-state index in [1.165, 1.54) is 92.7 Å². The predicted octanol–water partition coefficient (Wildman–Crippen LogP) is 7.19. The number of thiophene rings is 1. The Hall–Kier alpha value is -3.67. The first kappa shape index (κ1) is 25.6. The first-order chi connectivity index (χ1) is 21.8. The van der Waals surface area contributed by atoms with Crippen LogP contribution in [0.4, 0.5) is 11.4 Å². The van der Waals surface area contributed by atoms with E-state index in [9.17, 15) is 0 Å².